The molecule has 0 radical (unpaired) electrons. The highest BCUT2D eigenvalue weighted by Gasteiger charge is 2.33. The van der Waals surface area contributed by atoms with Crippen molar-refractivity contribution in [3.63, 3.8) is 0 Å². The molecule has 7 rings (SSSR count). The van der Waals surface area contributed by atoms with Crippen molar-refractivity contribution in [1.82, 2.24) is 24.7 Å². The van der Waals surface area contributed by atoms with E-state index >= 15 is 0 Å². The van der Waals surface area contributed by atoms with Crippen molar-refractivity contribution in [3.8, 4) is 5.75 Å². The molecule has 14 heteroatoms. The minimum atomic E-state index is -0.634. The van der Waals surface area contributed by atoms with Gasteiger partial charge in [-0.15, -0.1) is 0 Å². The van der Waals surface area contributed by atoms with Crippen molar-refractivity contribution in [2.75, 3.05) is 93.7 Å². The second-order valence-corrected chi connectivity index (χ2v) is 14.3. The third-order valence-electron chi connectivity index (χ3n) is 11.2. The highest BCUT2D eigenvalue weighted by atomic mass is 19.1. The number of amides is 1. The van der Waals surface area contributed by atoms with Crippen LogP contribution in [0, 0.1) is 11.6 Å². The first kappa shape index (κ1) is 36.3. The number of benzene rings is 2. The Morgan fingerprint density at radius 1 is 0.885 bits per heavy atom. The number of carbonyl (C=O) groups is 1. The number of methoxy groups -OCH3 is 1. The number of likely N-dealkylation sites (N-methyl/N-ethyl adjacent to an activating group) is 1. The molecule has 4 aliphatic heterocycles. The molecule has 12 nitrogen and oxygen atoms in total. The molecule has 4 saturated heterocycles. The van der Waals surface area contributed by atoms with Gasteiger partial charge in [-0.3, -0.25) is 14.5 Å². The molecule has 1 amide bonds. The number of hydrogen-bond donors (Lipinski definition) is 2. The van der Waals surface area contributed by atoms with E-state index in [0.717, 1.165) is 50.8 Å². The third kappa shape index (κ3) is 8.09. The Hall–Kier alpha value is -4.11. The molecule has 3 aromatic rings. The summed E-state index contributed by atoms with van der Waals surface area (Å²) in [4.78, 5) is 37.6. The fourth-order valence-electron chi connectivity index (χ4n) is 8.13. The number of rotatable bonds is 10. The standard InChI is InChI=1S/C38H51F2N9O3/c1-4-38(50)44-31-22-32(43-36-24-37(42-25-41-36)49-33(11-20-52-49)29-6-5-26(39)21-30(29)40)35(51-3)23-34(31)48-14-9-27(10-15-48)46-12-7-28(8-13-46)47-18-16-45(2)17-19-47/h5-6,21-25,27-28,33H,4,7-20H2,1-3H3,(H,44,50)(H,41,42,43). The van der Waals surface area contributed by atoms with E-state index in [-0.39, 0.29) is 5.91 Å². The number of ether oxygens (including phenoxy) is 1. The zero-order valence-electron chi connectivity index (χ0n) is 30.5. The van der Waals surface area contributed by atoms with Gasteiger partial charge in [0.05, 0.1) is 36.8 Å². The third-order valence-corrected chi connectivity index (χ3v) is 11.2. The number of hydroxylamine groups is 1. The summed E-state index contributed by atoms with van der Waals surface area (Å²) in [5, 5.41) is 8.00. The molecule has 0 bridgehead atoms. The number of likely N-dealkylation sites (tertiary alicyclic amines) is 1. The van der Waals surface area contributed by atoms with Gasteiger partial charge >= 0.3 is 0 Å². The van der Waals surface area contributed by atoms with Crippen molar-refractivity contribution < 1.29 is 23.1 Å². The SMILES string of the molecule is CCC(=O)Nc1cc(Nc2cc(N3OCCC3c3ccc(F)cc3F)ncn2)c(OC)cc1N1CCC(N2CCC(N3CCN(C)CC3)CC2)CC1. The van der Waals surface area contributed by atoms with Crippen LogP contribution in [0.25, 0.3) is 0 Å². The van der Waals surface area contributed by atoms with Crippen LogP contribution in [0.15, 0.2) is 42.7 Å². The first-order valence-electron chi connectivity index (χ1n) is 18.7. The number of piperazine rings is 1. The maximum absolute atomic E-state index is 14.7. The average Bonchev–Trinajstić information content (AvgIpc) is 3.65. The van der Waals surface area contributed by atoms with Gasteiger partial charge in [-0.05, 0) is 58.0 Å². The fraction of sp³-hybridized carbons (Fsp3) is 0.553. The van der Waals surface area contributed by atoms with Crippen LogP contribution in [0.4, 0.5) is 37.5 Å². The van der Waals surface area contributed by atoms with E-state index in [2.05, 4.69) is 47.2 Å². The lowest BCUT2D eigenvalue weighted by Gasteiger charge is -2.46. The Bertz CT molecular complexity index is 1690. The minimum absolute atomic E-state index is 0.0787. The van der Waals surface area contributed by atoms with Gasteiger partial charge in [0.15, 0.2) is 5.82 Å². The van der Waals surface area contributed by atoms with E-state index < -0.39 is 17.7 Å². The lowest BCUT2D eigenvalue weighted by Crippen LogP contribution is -2.54. The minimum Gasteiger partial charge on any atom is -0.494 e. The molecule has 2 aromatic carbocycles. The molecule has 5 heterocycles. The normalized spacial score (nSPS) is 21.4. The van der Waals surface area contributed by atoms with Crippen LogP contribution >= 0.6 is 0 Å². The lowest BCUT2D eigenvalue weighted by atomic mass is 9.96. The van der Waals surface area contributed by atoms with E-state index in [4.69, 9.17) is 9.57 Å². The highest BCUT2D eigenvalue weighted by Crippen LogP contribution is 2.41. The maximum Gasteiger partial charge on any atom is 0.224 e. The van der Waals surface area contributed by atoms with Crippen molar-refractivity contribution in [2.24, 2.45) is 0 Å². The van der Waals surface area contributed by atoms with Crippen LogP contribution < -0.4 is 25.3 Å². The molecule has 2 N–H and O–H groups in total. The molecule has 52 heavy (non-hydrogen) atoms. The van der Waals surface area contributed by atoms with Gasteiger partial charge in [0.2, 0.25) is 5.91 Å². The molecule has 1 aromatic heterocycles. The predicted molar refractivity (Wildman–Crippen MR) is 198 cm³/mol. The van der Waals surface area contributed by atoms with Crippen LogP contribution in [-0.4, -0.2) is 116 Å². The van der Waals surface area contributed by atoms with Gasteiger partial charge in [-0.1, -0.05) is 13.0 Å². The maximum atomic E-state index is 14.7. The van der Waals surface area contributed by atoms with E-state index in [9.17, 15) is 13.6 Å². The van der Waals surface area contributed by atoms with Gasteiger partial charge < -0.3 is 30.1 Å². The Morgan fingerprint density at radius 2 is 1.60 bits per heavy atom. The summed E-state index contributed by atoms with van der Waals surface area (Å²) in [6, 6.07) is 9.93. The molecule has 4 fully saturated rings. The van der Waals surface area contributed by atoms with Gasteiger partial charge in [0.25, 0.3) is 0 Å². The van der Waals surface area contributed by atoms with Gasteiger partial charge in [0.1, 0.15) is 29.5 Å². The Labute approximate surface area is 305 Å². The van der Waals surface area contributed by atoms with Crippen LogP contribution in [0.5, 0.6) is 5.75 Å². The van der Waals surface area contributed by atoms with Gasteiger partial charge in [0, 0.05) is 88.0 Å². The lowest BCUT2D eigenvalue weighted by molar-refractivity contribution is -0.115. The summed E-state index contributed by atoms with van der Waals surface area (Å²) in [5.41, 5.74) is 2.57. The number of nitrogens with zero attached hydrogens (tertiary/aromatic N) is 7. The van der Waals surface area contributed by atoms with E-state index in [1.165, 1.54) is 62.5 Å². The van der Waals surface area contributed by atoms with Crippen molar-refractivity contribution in [3.05, 3.63) is 59.9 Å². The Balaban J connectivity index is 1.04. The summed E-state index contributed by atoms with van der Waals surface area (Å²) in [7, 11) is 3.84. The van der Waals surface area contributed by atoms with E-state index in [0.29, 0.717) is 65.9 Å². The number of aromatic nitrogens is 2. The molecule has 0 spiro atoms. The summed E-state index contributed by atoms with van der Waals surface area (Å²) in [6.45, 7) is 11.0. The first-order chi connectivity index (χ1) is 25.3. The van der Waals surface area contributed by atoms with Crippen molar-refractivity contribution >= 4 is 34.6 Å². The quantitative estimate of drug-likeness (QED) is 0.281. The molecule has 1 atom stereocenters. The van der Waals surface area contributed by atoms with Crippen LogP contribution in [0.2, 0.25) is 0 Å². The van der Waals surface area contributed by atoms with Gasteiger partial charge in [-0.25, -0.2) is 23.8 Å². The predicted octanol–water partition coefficient (Wildman–Crippen LogP) is 5.42. The molecule has 4 aliphatic rings. The monoisotopic (exact) mass is 719 g/mol. The van der Waals surface area contributed by atoms with Crippen molar-refractivity contribution in [1.29, 1.82) is 0 Å². The topological polar surface area (TPSA) is 102 Å². The summed E-state index contributed by atoms with van der Waals surface area (Å²) in [6.07, 6.45) is 6.88. The zero-order chi connectivity index (χ0) is 36.2. The number of halogens is 2. The Kier molecular flexibility index (Phi) is 11.3. The first-order valence-corrected chi connectivity index (χ1v) is 18.7. The van der Waals surface area contributed by atoms with Crippen LogP contribution in [-0.2, 0) is 9.63 Å². The van der Waals surface area contributed by atoms with Gasteiger partial charge in [-0.2, -0.15) is 0 Å². The highest BCUT2D eigenvalue weighted by molar-refractivity contribution is 5.96. The number of hydrogen-bond acceptors (Lipinski definition) is 11. The fourth-order valence-corrected chi connectivity index (χ4v) is 8.13. The molecular formula is C38H51F2N9O3. The van der Waals surface area contributed by atoms with E-state index in [1.54, 1.807) is 13.2 Å². The summed E-state index contributed by atoms with van der Waals surface area (Å²) < 4.78 is 34.2. The number of piperidine rings is 2. The smallest absolute Gasteiger partial charge is 0.224 e. The summed E-state index contributed by atoms with van der Waals surface area (Å²) >= 11 is 0. The summed E-state index contributed by atoms with van der Waals surface area (Å²) in [5.74, 6) is 0.128. The molecule has 0 saturated carbocycles. The number of anilines is 5. The number of carbonyl (C=O) groups excluding carboxylic acids is 1. The van der Waals surface area contributed by atoms with E-state index in [1.807, 2.05) is 19.1 Å². The second-order valence-electron chi connectivity index (χ2n) is 14.3. The molecule has 1 unspecified atom stereocenters. The largest absolute Gasteiger partial charge is 0.494 e. The molecular weight excluding hydrogens is 668 g/mol. The zero-order valence-corrected chi connectivity index (χ0v) is 30.5. The molecule has 280 valence electrons. The van der Waals surface area contributed by atoms with Crippen LogP contribution in [0.3, 0.4) is 0 Å². The average molecular weight is 720 g/mol. The number of nitrogens with one attached hydrogen (secondary N) is 2. The molecule has 0 aliphatic carbocycles. The Morgan fingerprint density at radius 3 is 2.29 bits per heavy atom. The second kappa shape index (κ2) is 16.3. The van der Waals surface area contributed by atoms with Crippen molar-refractivity contribution in [2.45, 2.75) is 63.6 Å². The van der Waals surface area contributed by atoms with Crippen LogP contribution in [0.1, 0.15) is 57.1 Å².